The highest BCUT2D eigenvalue weighted by atomic mass is 79.9. The molecule has 0 atom stereocenters. The number of rotatable bonds is 5. The highest BCUT2D eigenvalue weighted by molar-refractivity contribution is 9.10. The van der Waals surface area contributed by atoms with Crippen molar-refractivity contribution >= 4 is 65.6 Å². The van der Waals surface area contributed by atoms with Gasteiger partial charge in [-0.2, -0.15) is 8.42 Å². The number of carbonyl (C=O) groups is 1. The van der Waals surface area contributed by atoms with Crippen LogP contribution in [0.2, 0.25) is 5.02 Å². The Hall–Kier alpha value is -2.01. The number of benzene rings is 2. The summed E-state index contributed by atoms with van der Waals surface area (Å²) >= 11 is 9.95. The molecule has 0 spiro atoms. The van der Waals surface area contributed by atoms with Gasteiger partial charge in [0.05, 0.1) is 10.7 Å². The van der Waals surface area contributed by atoms with Crippen molar-refractivity contribution in [1.29, 1.82) is 0 Å². The summed E-state index contributed by atoms with van der Waals surface area (Å²) in [6, 6.07) is 11.6. The number of nitrogens with one attached hydrogen (secondary N) is 2. The molecular formula is C16H12BrClN4O3S2. The van der Waals surface area contributed by atoms with Crippen molar-refractivity contribution in [3.8, 4) is 0 Å². The predicted octanol–water partition coefficient (Wildman–Crippen LogP) is 4.32. The molecule has 7 nitrogen and oxygen atoms in total. The summed E-state index contributed by atoms with van der Waals surface area (Å²) in [6.07, 6.45) is 0. The highest BCUT2D eigenvalue weighted by Gasteiger charge is 2.21. The van der Waals surface area contributed by atoms with Crippen LogP contribution in [0, 0.1) is 6.92 Å². The van der Waals surface area contributed by atoms with E-state index in [4.69, 9.17) is 11.6 Å². The maximum Gasteiger partial charge on any atom is 0.291 e. The van der Waals surface area contributed by atoms with Crippen LogP contribution >= 0.6 is 38.9 Å². The normalized spacial score (nSPS) is 11.2. The molecule has 140 valence electrons. The summed E-state index contributed by atoms with van der Waals surface area (Å²) in [6.45, 7) is 1.87. The molecule has 3 aromatic rings. The third-order valence-corrected chi connectivity index (χ3v) is 7.13. The number of nitrogens with zero attached hydrogens (tertiary/aromatic N) is 2. The van der Waals surface area contributed by atoms with Crippen LogP contribution in [0.3, 0.4) is 0 Å². The van der Waals surface area contributed by atoms with E-state index in [0.717, 1.165) is 16.9 Å². The minimum absolute atomic E-state index is 0.0794. The number of aryl methyl sites for hydroxylation is 1. The van der Waals surface area contributed by atoms with Gasteiger partial charge in [0.25, 0.3) is 20.3 Å². The zero-order valence-corrected chi connectivity index (χ0v) is 17.7. The van der Waals surface area contributed by atoms with Gasteiger partial charge in [0.1, 0.15) is 0 Å². The van der Waals surface area contributed by atoms with E-state index in [1.54, 1.807) is 30.3 Å². The van der Waals surface area contributed by atoms with E-state index < -0.39 is 15.9 Å². The largest absolute Gasteiger partial charge is 0.296 e. The van der Waals surface area contributed by atoms with Crippen LogP contribution in [0.15, 0.2) is 51.3 Å². The Kier molecular flexibility index (Phi) is 5.80. The molecule has 0 bridgehead atoms. The van der Waals surface area contributed by atoms with Crippen LogP contribution in [0.1, 0.15) is 15.9 Å². The fourth-order valence-corrected chi connectivity index (χ4v) is 4.46. The van der Waals surface area contributed by atoms with E-state index >= 15 is 0 Å². The third-order valence-electron chi connectivity index (χ3n) is 3.31. The van der Waals surface area contributed by atoms with Crippen LogP contribution in [0.5, 0.6) is 0 Å². The number of aromatic nitrogens is 2. The summed E-state index contributed by atoms with van der Waals surface area (Å²) in [4.78, 5) is 12.2. The van der Waals surface area contributed by atoms with Crippen molar-refractivity contribution in [2.45, 2.75) is 11.3 Å². The topological polar surface area (TPSA) is 101 Å². The van der Waals surface area contributed by atoms with Gasteiger partial charge in [-0.05, 0) is 53.2 Å². The first kappa shape index (κ1) is 19.7. The Bertz CT molecular complexity index is 1120. The third kappa shape index (κ3) is 4.83. The number of amides is 1. The van der Waals surface area contributed by atoms with Crippen LogP contribution in [-0.2, 0) is 10.0 Å². The molecule has 2 N–H and O–H groups in total. The summed E-state index contributed by atoms with van der Waals surface area (Å²) < 4.78 is 27.6. The van der Waals surface area contributed by atoms with Crippen LogP contribution in [0.4, 0.5) is 10.8 Å². The lowest BCUT2D eigenvalue weighted by atomic mass is 10.1. The second-order valence-electron chi connectivity index (χ2n) is 5.43. The lowest BCUT2D eigenvalue weighted by Crippen LogP contribution is -2.12. The lowest BCUT2D eigenvalue weighted by molar-refractivity contribution is 0.102. The van der Waals surface area contributed by atoms with Crippen LogP contribution in [-0.4, -0.2) is 24.5 Å². The van der Waals surface area contributed by atoms with Gasteiger partial charge in [-0.25, -0.2) is 0 Å². The summed E-state index contributed by atoms with van der Waals surface area (Å²) in [5.41, 5.74) is 1.65. The highest BCUT2D eigenvalue weighted by Crippen LogP contribution is 2.28. The SMILES string of the molecule is Cc1cccc(C(=O)Nc2nnc(S(=O)(=O)Nc3ccc(Br)c(Cl)c3)s2)c1. The van der Waals surface area contributed by atoms with Crippen molar-refractivity contribution in [2.75, 3.05) is 10.0 Å². The molecule has 1 amide bonds. The van der Waals surface area contributed by atoms with E-state index in [2.05, 4.69) is 36.2 Å². The van der Waals surface area contributed by atoms with E-state index in [0.29, 0.717) is 15.1 Å². The van der Waals surface area contributed by atoms with Gasteiger partial charge in [0.2, 0.25) is 5.13 Å². The molecule has 0 saturated carbocycles. The number of anilines is 2. The lowest BCUT2D eigenvalue weighted by Gasteiger charge is -2.06. The van der Waals surface area contributed by atoms with Gasteiger partial charge in [-0.15, -0.1) is 10.2 Å². The van der Waals surface area contributed by atoms with E-state index in [1.165, 1.54) is 6.07 Å². The minimum Gasteiger partial charge on any atom is -0.296 e. The first-order valence-corrected chi connectivity index (χ1v) is 10.9. The van der Waals surface area contributed by atoms with Gasteiger partial charge < -0.3 is 0 Å². The molecule has 2 aromatic carbocycles. The van der Waals surface area contributed by atoms with Gasteiger partial charge in [0, 0.05) is 10.0 Å². The second kappa shape index (κ2) is 7.93. The number of halogens is 2. The van der Waals surface area contributed by atoms with E-state index in [9.17, 15) is 13.2 Å². The van der Waals surface area contributed by atoms with Crippen molar-refractivity contribution in [3.05, 3.63) is 63.1 Å². The molecule has 1 heterocycles. The van der Waals surface area contributed by atoms with E-state index in [-0.39, 0.29) is 15.2 Å². The van der Waals surface area contributed by atoms with Crippen molar-refractivity contribution in [1.82, 2.24) is 10.2 Å². The van der Waals surface area contributed by atoms with Crippen LogP contribution < -0.4 is 10.0 Å². The average Bonchev–Trinajstić information content (AvgIpc) is 3.07. The molecule has 0 aliphatic heterocycles. The van der Waals surface area contributed by atoms with Crippen LogP contribution in [0.25, 0.3) is 0 Å². The molecule has 0 radical (unpaired) electrons. The van der Waals surface area contributed by atoms with Gasteiger partial charge in [0.15, 0.2) is 0 Å². The fraction of sp³-hybridized carbons (Fsp3) is 0.0625. The predicted molar refractivity (Wildman–Crippen MR) is 109 cm³/mol. The Morgan fingerprint density at radius 3 is 2.67 bits per heavy atom. The Morgan fingerprint density at radius 1 is 1.19 bits per heavy atom. The Labute approximate surface area is 173 Å². The van der Waals surface area contributed by atoms with Crippen molar-refractivity contribution < 1.29 is 13.2 Å². The minimum atomic E-state index is -3.96. The second-order valence-corrected chi connectivity index (χ2v) is 9.53. The standard InChI is InChI=1S/C16H12BrClN4O3S2/c1-9-3-2-4-10(7-9)14(23)19-15-20-21-16(26-15)27(24,25)22-11-5-6-12(17)13(18)8-11/h2-8,22H,1H3,(H,19,20,23). The fourth-order valence-electron chi connectivity index (χ4n) is 2.08. The van der Waals surface area contributed by atoms with Crippen molar-refractivity contribution in [2.24, 2.45) is 0 Å². The van der Waals surface area contributed by atoms with Gasteiger partial charge in [-0.3, -0.25) is 14.8 Å². The average molecular weight is 488 g/mol. The van der Waals surface area contributed by atoms with Crippen molar-refractivity contribution in [3.63, 3.8) is 0 Å². The Morgan fingerprint density at radius 2 is 1.96 bits per heavy atom. The Balaban J connectivity index is 1.75. The van der Waals surface area contributed by atoms with Gasteiger partial charge >= 0.3 is 0 Å². The molecule has 3 rings (SSSR count). The molecule has 0 fully saturated rings. The maximum atomic E-state index is 12.4. The maximum absolute atomic E-state index is 12.4. The zero-order chi connectivity index (χ0) is 19.6. The van der Waals surface area contributed by atoms with Gasteiger partial charge in [-0.1, -0.05) is 40.6 Å². The van der Waals surface area contributed by atoms with E-state index in [1.807, 2.05) is 13.0 Å². The zero-order valence-electron chi connectivity index (χ0n) is 13.7. The molecular weight excluding hydrogens is 476 g/mol. The number of sulfonamides is 1. The molecule has 1 aromatic heterocycles. The summed E-state index contributed by atoms with van der Waals surface area (Å²) in [5.74, 6) is -0.397. The summed E-state index contributed by atoms with van der Waals surface area (Å²) in [7, 11) is -3.96. The quantitative estimate of drug-likeness (QED) is 0.522. The molecule has 0 aliphatic carbocycles. The number of carbonyl (C=O) groups excluding carboxylic acids is 1. The molecule has 0 unspecified atom stereocenters. The molecule has 0 aliphatic rings. The molecule has 0 saturated heterocycles. The first-order valence-electron chi connectivity index (χ1n) is 7.44. The molecule has 11 heteroatoms. The number of hydrogen-bond acceptors (Lipinski definition) is 6. The number of hydrogen-bond donors (Lipinski definition) is 2. The smallest absolute Gasteiger partial charge is 0.291 e. The summed E-state index contributed by atoms with van der Waals surface area (Å²) in [5, 5.41) is 10.4. The first-order chi connectivity index (χ1) is 12.7. The monoisotopic (exact) mass is 486 g/mol. The molecule has 27 heavy (non-hydrogen) atoms.